The molecule has 1 spiro atoms. The minimum absolute atomic E-state index is 0.0405. The molecule has 0 bridgehead atoms. The van der Waals surface area contributed by atoms with Crippen LogP contribution in [0, 0.1) is 34.5 Å². The Bertz CT molecular complexity index is 754. The van der Waals surface area contributed by atoms with Crippen LogP contribution in [0.1, 0.15) is 79.6 Å². The van der Waals surface area contributed by atoms with E-state index in [-0.39, 0.29) is 45.6 Å². The summed E-state index contributed by atoms with van der Waals surface area (Å²) in [7, 11) is -1.89. The van der Waals surface area contributed by atoms with Crippen molar-refractivity contribution in [1.29, 1.82) is 0 Å². The number of rotatable bonds is 5. The molecule has 6 heteroatoms. The number of ether oxygens (including phenoxy) is 2. The maximum Gasteiger partial charge on any atom is 0.192 e. The molecule has 33 heavy (non-hydrogen) atoms. The van der Waals surface area contributed by atoms with E-state index >= 15 is 0 Å². The standard InChI is InChI=1S/C27H46O5Si/c1-24(2,3)33(6,7)32-20-8-11-25(4,19(16-20)17-28)22-9-12-26(5)23(21(22)18-29)10-13-27(26)30-14-15-31-27/h17-23H,8-16H2,1-7H3/t19-,20+,21-,22?,23?,25+,26+/m1/s1. The molecule has 0 radical (unpaired) electrons. The first kappa shape index (κ1) is 25.5. The molecule has 1 heterocycles. The molecule has 0 N–H and O–H groups in total. The van der Waals surface area contributed by atoms with Crippen molar-refractivity contribution in [1.82, 2.24) is 0 Å². The summed E-state index contributed by atoms with van der Waals surface area (Å²) in [6.07, 6.45) is 9.05. The summed E-state index contributed by atoms with van der Waals surface area (Å²) in [5.41, 5.74) is -0.281. The van der Waals surface area contributed by atoms with Crippen LogP contribution in [0.5, 0.6) is 0 Å². The van der Waals surface area contributed by atoms with Gasteiger partial charge in [-0.1, -0.05) is 34.6 Å². The van der Waals surface area contributed by atoms with E-state index in [1.807, 2.05) is 0 Å². The lowest BCUT2D eigenvalue weighted by Gasteiger charge is -2.56. The Labute approximate surface area is 201 Å². The molecule has 1 aliphatic heterocycles. The number of hydrogen-bond donors (Lipinski definition) is 0. The topological polar surface area (TPSA) is 61.8 Å². The van der Waals surface area contributed by atoms with Crippen molar-refractivity contribution in [3.05, 3.63) is 0 Å². The largest absolute Gasteiger partial charge is 0.414 e. The van der Waals surface area contributed by atoms with E-state index in [0.717, 1.165) is 44.9 Å². The molecule has 4 fully saturated rings. The van der Waals surface area contributed by atoms with Gasteiger partial charge >= 0.3 is 0 Å². The SMILES string of the molecule is CC(C)(C)[Si](C)(C)O[C@H]1CC[C@](C)(C2CC[C@@]3(C)C(CCC34OCCO4)[C@@H]2C=O)[C@@H](C=O)C1. The second-order valence-corrected chi connectivity index (χ2v) is 18.2. The molecule has 0 aromatic carbocycles. The van der Waals surface area contributed by atoms with Gasteiger partial charge in [-0.05, 0) is 73.9 Å². The van der Waals surface area contributed by atoms with Gasteiger partial charge in [-0.15, -0.1) is 0 Å². The lowest BCUT2D eigenvalue weighted by molar-refractivity contribution is -0.241. The third kappa shape index (κ3) is 3.91. The van der Waals surface area contributed by atoms with Crippen LogP contribution in [0.3, 0.4) is 0 Å². The summed E-state index contributed by atoms with van der Waals surface area (Å²) in [6, 6.07) is 0. The summed E-state index contributed by atoms with van der Waals surface area (Å²) in [5, 5.41) is 0.156. The lowest BCUT2D eigenvalue weighted by Crippen LogP contribution is -2.56. The quantitative estimate of drug-likeness (QED) is 0.371. The molecule has 0 aromatic rings. The normalized spacial score (nSPS) is 43.4. The first-order chi connectivity index (χ1) is 15.3. The molecule has 188 valence electrons. The number of carbonyl (C=O) groups excluding carboxylic acids is 2. The highest BCUT2D eigenvalue weighted by molar-refractivity contribution is 6.74. The Kier molecular flexibility index (Phi) is 6.60. The first-order valence-corrected chi connectivity index (χ1v) is 16.1. The molecule has 0 aromatic heterocycles. The third-order valence-corrected chi connectivity index (χ3v) is 15.5. The van der Waals surface area contributed by atoms with Crippen molar-refractivity contribution in [2.75, 3.05) is 13.2 Å². The van der Waals surface area contributed by atoms with Gasteiger partial charge in [0.05, 0.1) is 13.2 Å². The van der Waals surface area contributed by atoms with Crippen LogP contribution in [0.2, 0.25) is 18.1 Å². The van der Waals surface area contributed by atoms with E-state index in [9.17, 15) is 9.59 Å². The Morgan fingerprint density at radius 2 is 1.55 bits per heavy atom. The maximum absolute atomic E-state index is 12.6. The molecular weight excluding hydrogens is 432 g/mol. The summed E-state index contributed by atoms with van der Waals surface area (Å²) < 4.78 is 19.1. The van der Waals surface area contributed by atoms with Crippen molar-refractivity contribution >= 4 is 20.9 Å². The zero-order valence-electron chi connectivity index (χ0n) is 21.9. The minimum atomic E-state index is -1.89. The molecule has 3 saturated carbocycles. The molecule has 7 atom stereocenters. The van der Waals surface area contributed by atoms with E-state index in [0.29, 0.717) is 13.2 Å². The second kappa shape index (κ2) is 8.53. The average molecular weight is 479 g/mol. The zero-order chi connectivity index (χ0) is 24.3. The monoisotopic (exact) mass is 478 g/mol. The predicted octanol–water partition coefficient (Wildman–Crippen LogP) is 5.77. The van der Waals surface area contributed by atoms with Crippen LogP contribution in [-0.2, 0) is 23.5 Å². The highest BCUT2D eigenvalue weighted by Gasteiger charge is 2.66. The van der Waals surface area contributed by atoms with Gasteiger partial charge in [0, 0.05) is 29.8 Å². The number of aldehydes is 2. The van der Waals surface area contributed by atoms with Gasteiger partial charge in [-0.25, -0.2) is 0 Å². The smallest absolute Gasteiger partial charge is 0.192 e. The van der Waals surface area contributed by atoms with Crippen molar-refractivity contribution in [3.8, 4) is 0 Å². The van der Waals surface area contributed by atoms with Gasteiger partial charge in [0.1, 0.15) is 12.6 Å². The Balaban J connectivity index is 1.54. The van der Waals surface area contributed by atoms with E-state index in [2.05, 4.69) is 47.7 Å². The molecule has 3 aliphatic carbocycles. The number of carbonyl (C=O) groups is 2. The summed E-state index contributed by atoms with van der Waals surface area (Å²) in [6.45, 7) is 17.3. The van der Waals surface area contributed by atoms with Crippen LogP contribution in [0.25, 0.3) is 0 Å². The number of hydrogen-bond acceptors (Lipinski definition) is 5. The molecule has 5 nitrogen and oxygen atoms in total. The fourth-order valence-electron chi connectivity index (χ4n) is 7.74. The van der Waals surface area contributed by atoms with Crippen molar-refractivity contribution in [2.24, 2.45) is 34.5 Å². The second-order valence-electron chi connectivity index (χ2n) is 13.4. The van der Waals surface area contributed by atoms with E-state index in [1.54, 1.807) is 0 Å². The van der Waals surface area contributed by atoms with E-state index in [1.165, 1.54) is 12.6 Å². The highest BCUT2D eigenvalue weighted by atomic mass is 28.4. The van der Waals surface area contributed by atoms with Gasteiger partial charge in [-0.2, -0.15) is 0 Å². The van der Waals surface area contributed by atoms with Crippen molar-refractivity contribution in [3.63, 3.8) is 0 Å². The Morgan fingerprint density at radius 3 is 2.12 bits per heavy atom. The zero-order valence-corrected chi connectivity index (χ0v) is 22.9. The van der Waals surface area contributed by atoms with Gasteiger partial charge in [0.2, 0.25) is 0 Å². The van der Waals surface area contributed by atoms with E-state index < -0.39 is 14.1 Å². The lowest BCUT2D eigenvalue weighted by atomic mass is 9.49. The Hall–Kier alpha value is -0.563. The first-order valence-electron chi connectivity index (χ1n) is 13.2. The molecule has 4 rings (SSSR count). The van der Waals surface area contributed by atoms with Crippen LogP contribution in [0.4, 0.5) is 0 Å². The molecule has 2 unspecified atom stereocenters. The van der Waals surface area contributed by atoms with Gasteiger partial charge in [0.15, 0.2) is 14.1 Å². The fourth-order valence-corrected chi connectivity index (χ4v) is 9.14. The highest BCUT2D eigenvalue weighted by Crippen LogP contribution is 2.66. The van der Waals surface area contributed by atoms with Crippen molar-refractivity contribution in [2.45, 2.75) is 110 Å². The molecular formula is C27H46O5Si. The van der Waals surface area contributed by atoms with Crippen LogP contribution < -0.4 is 0 Å². The van der Waals surface area contributed by atoms with Crippen molar-refractivity contribution < 1.29 is 23.5 Å². The predicted molar refractivity (Wildman–Crippen MR) is 131 cm³/mol. The van der Waals surface area contributed by atoms with Gasteiger partial charge in [0.25, 0.3) is 0 Å². The van der Waals surface area contributed by atoms with Crippen LogP contribution in [0.15, 0.2) is 0 Å². The molecule has 4 aliphatic rings. The average Bonchev–Trinajstić information content (AvgIpc) is 3.34. The Morgan fingerprint density at radius 1 is 0.909 bits per heavy atom. The van der Waals surface area contributed by atoms with Crippen LogP contribution >= 0.6 is 0 Å². The van der Waals surface area contributed by atoms with E-state index in [4.69, 9.17) is 13.9 Å². The maximum atomic E-state index is 12.6. The summed E-state index contributed by atoms with van der Waals surface area (Å²) in [5.74, 6) is -0.122. The summed E-state index contributed by atoms with van der Waals surface area (Å²) >= 11 is 0. The molecule has 0 amide bonds. The number of fused-ring (bicyclic) bond motifs is 2. The fraction of sp³-hybridized carbons (Fsp3) is 0.926. The minimum Gasteiger partial charge on any atom is -0.414 e. The molecule has 1 saturated heterocycles. The summed E-state index contributed by atoms with van der Waals surface area (Å²) in [4.78, 5) is 25.1. The van der Waals surface area contributed by atoms with Crippen LogP contribution in [-0.4, -0.2) is 46.0 Å². The van der Waals surface area contributed by atoms with Gasteiger partial charge < -0.3 is 23.5 Å². The third-order valence-electron chi connectivity index (χ3n) is 10.9. The van der Waals surface area contributed by atoms with Gasteiger partial charge in [-0.3, -0.25) is 0 Å².